The van der Waals surface area contributed by atoms with Gasteiger partial charge in [0.25, 0.3) is 11.8 Å². The molecule has 26 heavy (non-hydrogen) atoms. The normalized spacial score (nSPS) is 13.6. The van der Waals surface area contributed by atoms with Gasteiger partial charge < -0.3 is 0 Å². The molecule has 0 fully saturated rings. The van der Waals surface area contributed by atoms with Gasteiger partial charge in [0, 0.05) is 11.9 Å². The Hall–Kier alpha value is -2.72. The molecule has 2 heterocycles. The minimum absolute atomic E-state index is 0.248. The highest BCUT2D eigenvalue weighted by molar-refractivity contribution is 6.30. The van der Waals surface area contributed by atoms with Crippen LogP contribution in [0.3, 0.4) is 0 Å². The molecule has 4 nitrogen and oxygen atoms in total. The number of carbonyl (C=O) groups excluding carboxylic acids is 2. The van der Waals surface area contributed by atoms with Gasteiger partial charge in [-0.05, 0) is 61.2 Å². The van der Waals surface area contributed by atoms with Crippen LogP contribution in [0.1, 0.15) is 37.4 Å². The van der Waals surface area contributed by atoms with Crippen molar-refractivity contribution < 1.29 is 9.59 Å². The van der Waals surface area contributed by atoms with Crippen LogP contribution in [0, 0.1) is 13.8 Å². The van der Waals surface area contributed by atoms with Gasteiger partial charge in [0.2, 0.25) is 0 Å². The maximum atomic E-state index is 12.5. The zero-order chi connectivity index (χ0) is 18.4. The number of nitrogens with zero attached hydrogens (tertiary/aromatic N) is 2. The zero-order valence-corrected chi connectivity index (χ0v) is 15.3. The van der Waals surface area contributed by atoms with E-state index in [9.17, 15) is 9.59 Å². The molecule has 3 aromatic rings. The van der Waals surface area contributed by atoms with E-state index in [1.54, 1.807) is 24.3 Å². The number of carbonyl (C=O) groups is 2. The van der Waals surface area contributed by atoms with Crippen molar-refractivity contribution in [2.24, 2.45) is 0 Å². The molecule has 0 radical (unpaired) electrons. The molecule has 2 aromatic carbocycles. The van der Waals surface area contributed by atoms with Gasteiger partial charge in [-0.2, -0.15) is 0 Å². The number of amides is 2. The smallest absolute Gasteiger partial charge is 0.261 e. The predicted molar refractivity (Wildman–Crippen MR) is 102 cm³/mol. The second-order valence-corrected chi connectivity index (χ2v) is 7.00. The molecule has 2 amide bonds. The van der Waals surface area contributed by atoms with Crippen molar-refractivity contribution in [2.45, 2.75) is 20.3 Å². The number of rotatable bonds is 3. The summed E-state index contributed by atoms with van der Waals surface area (Å²) in [6.07, 6.45) is 0.473. The summed E-state index contributed by atoms with van der Waals surface area (Å²) in [4.78, 5) is 30.7. The van der Waals surface area contributed by atoms with E-state index >= 15 is 0 Å². The predicted octanol–water partition coefficient (Wildman–Crippen LogP) is 4.34. The maximum Gasteiger partial charge on any atom is 0.261 e. The van der Waals surface area contributed by atoms with E-state index in [4.69, 9.17) is 11.6 Å². The Morgan fingerprint density at radius 1 is 1.00 bits per heavy atom. The standard InChI is InChI=1S/C21H17ClN2O2/c1-12-9-13(2)17-11-14(19(22)23-18(17)10-12)7-8-24-20(25)15-5-3-4-6-16(15)21(24)26/h3-6,9-11H,7-8H2,1-2H3. The third-order valence-corrected chi connectivity index (χ3v) is 5.12. The molecule has 0 saturated carbocycles. The van der Waals surface area contributed by atoms with E-state index in [2.05, 4.69) is 11.1 Å². The lowest BCUT2D eigenvalue weighted by molar-refractivity contribution is 0.0656. The average Bonchev–Trinajstić information content (AvgIpc) is 2.85. The molecule has 4 rings (SSSR count). The fraction of sp³-hybridized carbons (Fsp3) is 0.190. The average molecular weight is 365 g/mol. The molecule has 1 aliphatic heterocycles. The first-order valence-electron chi connectivity index (χ1n) is 8.47. The number of pyridine rings is 1. The summed E-state index contributed by atoms with van der Waals surface area (Å²) in [7, 11) is 0. The van der Waals surface area contributed by atoms with E-state index in [1.165, 1.54) is 4.90 Å². The van der Waals surface area contributed by atoms with Gasteiger partial charge in [-0.15, -0.1) is 0 Å². The number of hydrogen-bond acceptors (Lipinski definition) is 3. The molecule has 1 aliphatic rings. The number of imide groups is 1. The van der Waals surface area contributed by atoms with Gasteiger partial charge in [-0.3, -0.25) is 14.5 Å². The van der Waals surface area contributed by atoms with Gasteiger partial charge in [0.05, 0.1) is 16.6 Å². The first-order chi connectivity index (χ1) is 12.5. The first kappa shape index (κ1) is 16.7. The summed E-state index contributed by atoms with van der Waals surface area (Å²) >= 11 is 6.36. The third kappa shape index (κ3) is 2.67. The number of hydrogen-bond donors (Lipinski definition) is 0. The van der Waals surface area contributed by atoms with Crippen LogP contribution >= 0.6 is 11.6 Å². The highest BCUT2D eigenvalue weighted by Crippen LogP contribution is 2.27. The van der Waals surface area contributed by atoms with E-state index in [0.717, 1.165) is 27.6 Å². The summed E-state index contributed by atoms with van der Waals surface area (Å²) in [6.45, 7) is 4.35. The van der Waals surface area contributed by atoms with Crippen LogP contribution in [0.5, 0.6) is 0 Å². The number of fused-ring (bicyclic) bond motifs is 2. The lowest BCUT2D eigenvalue weighted by atomic mass is 10.0. The fourth-order valence-corrected chi connectivity index (χ4v) is 3.74. The number of benzene rings is 2. The Balaban J connectivity index is 1.62. The van der Waals surface area contributed by atoms with Gasteiger partial charge in [-0.25, -0.2) is 4.98 Å². The summed E-state index contributed by atoms with van der Waals surface area (Å²) < 4.78 is 0. The molecule has 5 heteroatoms. The highest BCUT2D eigenvalue weighted by Gasteiger charge is 2.34. The van der Waals surface area contributed by atoms with Crippen molar-refractivity contribution >= 4 is 34.3 Å². The summed E-state index contributed by atoms with van der Waals surface area (Å²) in [6, 6.07) is 13.0. The third-order valence-electron chi connectivity index (χ3n) is 4.79. The van der Waals surface area contributed by atoms with E-state index in [1.807, 2.05) is 26.0 Å². The highest BCUT2D eigenvalue weighted by atomic mass is 35.5. The van der Waals surface area contributed by atoms with Gasteiger partial charge in [0.1, 0.15) is 5.15 Å². The summed E-state index contributed by atoms with van der Waals surface area (Å²) in [5.74, 6) is -0.496. The summed E-state index contributed by atoms with van der Waals surface area (Å²) in [5, 5.41) is 1.46. The molecular weight excluding hydrogens is 348 g/mol. The van der Waals surface area contributed by atoms with Crippen molar-refractivity contribution in [2.75, 3.05) is 6.54 Å². The number of aryl methyl sites for hydroxylation is 2. The van der Waals surface area contributed by atoms with Crippen molar-refractivity contribution in [3.63, 3.8) is 0 Å². The Bertz CT molecular complexity index is 1040. The number of halogens is 1. The lowest BCUT2D eigenvalue weighted by Crippen LogP contribution is -2.31. The number of aromatic nitrogens is 1. The van der Waals surface area contributed by atoms with E-state index < -0.39 is 0 Å². The van der Waals surface area contributed by atoms with Crippen molar-refractivity contribution in [1.82, 2.24) is 9.88 Å². The molecule has 0 spiro atoms. The zero-order valence-electron chi connectivity index (χ0n) is 14.5. The molecule has 0 N–H and O–H groups in total. The van der Waals surface area contributed by atoms with Crippen LogP contribution in [0.15, 0.2) is 42.5 Å². The molecule has 0 saturated heterocycles. The van der Waals surface area contributed by atoms with Crippen LogP contribution in [0.25, 0.3) is 10.9 Å². The lowest BCUT2D eigenvalue weighted by Gasteiger charge is -2.15. The maximum absolute atomic E-state index is 12.5. The Morgan fingerprint density at radius 2 is 1.65 bits per heavy atom. The van der Waals surface area contributed by atoms with Crippen LogP contribution in [-0.2, 0) is 6.42 Å². The van der Waals surface area contributed by atoms with E-state index in [0.29, 0.717) is 22.7 Å². The van der Waals surface area contributed by atoms with Gasteiger partial charge >= 0.3 is 0 Å². The Morgan fingerprint density at radius 3 is 2.31 bits per heavy atom. The molecule has 0 atom stereocenters. The molecular formula is C21H17ClN2O2. The largest absolute Gasteiger partial charge is 0.274 e. The second-order valence-electron chi connectivity index (χ2n) is 6.64. The van der Waals surface area contributed by atoms with Crippen LogP contribution in [-0.4, -0.2) is 28.2 Å². The van der Waals surface area contributed by atoms with Crippen molar-refractivity contribution in [3.8, 4) is 0 Å². The molecule has 0 unspecified atom stereocenters. The van der Waals surface area contributed by atoms with Crippen LogP contribution in [0.4, 0.5) is 0 Å². The molecule has 0 bridgehead atoms. The fourth-order valence-electron chi connectivity index (χ4n) is 3.50. The molecule has 0 aliphatic carbocycles. The quantitative estimate of drug-likeness (QED) is 0.513. The van der Waals surface area contributed by atoms with Crippen LogP contribution < -0.4 is 0 Å². The Kier molecular flexibility index (Phi) is 4.00. The SMILES string of the molecule is Cc1cc(C)c2cc(CCN3C(=O)c4ccccc4C3=O)c(Cl)nc2c1. The van der Waals surface area contributed by atoms with E-state index in [-0.39, 0.29) is 18.4 Å². The first-order valence-corrected chi connectivity index (χ1v) is 8.85. The van der Waals surface area contributed by atoms with Crippen molar-refractivity contribution in [1.29, 1.82) is 0 Å². The van der Waals surface area contributed by atoms with Crippen LogP contribution in [0.2, 0.25) is 5.15 Å². The minimum atomic E-state index is -0.248. The minimum Gasteiger partial charge on any atom is -0.274 e. The molecule has 1 aromatic heterocycles. The topological polar surface area (TPSA) is 50.3 Å². The van der Waals surface area contributed by atoms with Gasteiger partial charge in [0.15, 0.2) is 0 Å². The Labute approximate surface area is 156 Å². The van der Waals surface area contributed by atoms with Gasteiger partial charge in [-0.1, -0.05) is 29.8 Å². The second kappa shape index (κ2) is 6.22. The summed E-state index contributed by atoms with van der Waals surface area (Å²) in [5.41, 5.74) is 4.89. The van der Waals surface area contributed by atoms with Crippen molar-refractivity contribution in [3.05, 3.63) is 75.4 Å². The monoisotopic (exact) mass is 364 g/mol. The molecule has 130 valence electrons.